The minimum atomic E-state index is -0.577. The molecule has 1 aromatic heterocycles. The Bertz CT molecular complexity index is 1540. The second kappa shape index (κ2) is 9.95. The van der Waals surface area contributed by atoms with Crippen LogP contribution < -0.4 is 5.32 Å². The molecule has 1 N–H and O–H groups in total. The number of halogens is 1. The van der Waals surface area contributed by atoms with Crippen molar-refractivity contribution in [3.05, 3.63) is 113 Å². The summed E-state index contributed by atoms with van der Waals surface area (Å²) in [5, 5.41) is 6.17. The first kappa shape index (κ1) is 22.6. The zero-order valence-corrected chi connectivity index (χ0v) is 19.5. The molecule has 0 saturated heterocycles. The number of benzene rings is 4. The third-order valence-electron chi connectivity index (χ3n) is 5.74. The Hall–Kier alpha value is -4.22. The zero-order chi connectivity index (χ0) is 24.2. The van der Waals surface area contributed by atoms with Gasteiger partial charge in [0.1, 0.15) is 0 Å². The molecular formula is C29H21ClN2O3. The molecular weight excluding hydrogens is 460 g/mol. The number of aromatic nitrogens is 1. The number of pyridine rings is 1. The number of carbonyl (C=O) groups excluding carboxylic acids is 2. The van der Waals surface area contributed by atoms with Crippen LogP contribution in [0.5, 0.6) is 0 Å². The summed E-state index contributed by atoms with van der Waals surface area (Å²) in [4.78, 5) is 30.2. The van der Waals surface area contributed by atoms with E-state index in [4.69, 9.17) is 21.3 Å². The van der Waals surface area contributed by atoms with Crippen LogP contribution >= 0.6 is 11.6 Å². The van der Waals surface area contributed by atoms with E-state index in [2.05, 4.69) is 5.32 Å². The second-order valence-electron chi connectivity index (χ2n) is 8.08. The van der Waals surface area contributed by atoms with Crippen LogP contribution in [0, 0.1) is 0 Å². The summed E-state index contributed by atoms with van der Waals surface area (Å²) in [6, 6.07) is 30.3. The van der Waals surface area contributed by atoms with Crippen molar-refractivity contribution in [2.75, 3.05) is 6.61 Å². The number of fused-ring (bicyclic) bond motifs is 2. The highest BCUT2D eigenvalue weighted by Crippen LogP contribution is 2.30. The van der Waals surface area contributed by atoms with E-state index in [0.717, 1.165) is 21.9 Å². The van der Waals surface area contributed by atoms with Crippen LogP contribution in [0.15, 0.2) is 97.1 Å². The molecule has 5 rings (SSSR count). The molecule has 0 spiro atoms. The van der Waals surface area contributed by atoms with Crippen LogP contribution in [-0.2, 0) is 16.1 Å². The molecule has 0 saturated carbocycles. The van der Waals surface area contributed by atoms with E-state index in [1.54, 1.807) is 18.2 Å². The van der Waals surface area contributed by atoms with Gasteiger partial charge in [0.25, 0.3) is 5.91 Å². The van der Waals surface area contributed by atoms with Gasteiger partial charge in [-0.25, -0.2) is 9.78 Å². The molecule has 5 aromatic rings. The molecule has 0 fully saturated rings. The molecule has 0 bridgehead atoms. The Morgan fingerprint density at radius 3 is 2.37 bits per heavy atom. The van der Waals surface area contributed by atoms with Gasteiger partial charge in [-0.05, 0) is 40.6 Å². The van der Waals surface area contributed by atoms with Crippen LogP contribution in [0.4, 0.5) is 0 Å². The third kappa shape index (κ3) is 5.00. The van der Waals surface area contributed by atoms with Crippen LogP contribution in [0.25, 0.3) is 32.9 Å². The molecule has 0 unspecified atom stereocenters. The van der Waals surface area contributed by atoms with Crippen molar-refractivity contribution in [2.45, 2.75) is 6.54 Å². The molecule has 4 aromatic carbocycles. The number of ether oxygens (including phenoxy) is 1. The first-order valence-electron chi connectivity index (χ1n) is 11.1. The highest BCUT2D eigenvalue weighted by molar-refractivity contribution is 6.30. The Kier molecular flexibility index (Phi) is 6.42. The number of nitrogens with zero attached hydrogens (tertiary/aromatic N) is 1. The van der Waals surface area contributed by atoms with Gasteiger partial charge in [0.15, 0.2) is 6.61 Å². The average Bonchev–Trinajstić information content (AvgIpc) is 2.90. The first-order chi connectivity index (χ1) is 17.1. The summed E-state index contributed by atoms with van der Waals surface area (Å²) in [6.45, 7) is -0.0658. The van der Waals surface area contributed by atoms with Crippen LogP contribution in [-0.4, -0.2) is 23.5 Å². The fraction of sp³-hybridized carbons (Fsp3) is 0.0690. The largest absolute Gasteiger partial charge is 0.452 e. The fourth-order valence-electron chi connectivity index (χ4n) is 3.99. The van der Waals surface area contributed by atoms with Crippen LogP contribution in [0.2, 0.25) is 5.02 Å². The highest BCUT2D eigenvalue weighted by Gasteiger charge is 2.17. The summed E-state index contributed by atoms with van der Waals surface area (Å²) in [6.07, 6.45) is 0. The van der Waals surface area contributed by atoms with E-state index in [9.17, 15) is 9.59 Å². The maximum absolute atomic E-state index is 13.1. The predicted octanol–water partition coefficient (Wildman–Crippen LogP) is 6.18. The van der Waals surface area contributed by atoms with Gasteiger partial charge in [0, 0.05) is 22.5 Å². The summed E-state index contributed by atoms with van der Waals surface area (Å²) < 4.78 is 5.38. The lowest BCUT2D eigenvalue weighted by atomic mass is 9.99. The standard InChI is InChI=1S/C29H21ClN2O3/c30-21-14-12-19(13-15-21)17-31-28(33)18-35-29(34)25-16-27(32-26-11-4-3-9-24(25)26)23-10-5-7-20-6-1-2-8-22(20)23/h1-16H,17-18H2,(H,31,33). The lowest BCUT2D eigenvalue weighted by molar-refractivity contribution is -0.124. The van der Waals surface area contributed by atoms with Crippen molar-refractivity contribution >= 4 is 45.2 Å². The molecule has 5 nitrogen and oxygen atoms in total. The number of para-hydroxylation sites is 1. The minimum absolute atomic E-state index is 0.316. The molecule has 0 aliphatic heterocycles. The Morgan fingerprint density at radius 1 is 0.829 bits per heavy atom. The molecule has 0 aliphatic rings. The van der Waals surface area contributed by atoms with Crippen molar-refractivity contribution in [3.63, 3.8) is 0 Å². The number of amides is 1. The zero-order valence-electron chi connectivity index (χ0n) is 18.7. The summed E-state index contributed by atoms with van der Waals surface area (Å²) in [7, 11) is 0. The van der Waals surface area contributed by atoms with Gasteiger partial charge in [-0.15, -0.1) is 0 Å². The van der Waals surface area contributed by atoms with E-state index < -0.39 is 5.97 Å². The molecule has 1 amide bonds. The molecule has 172 valence electrons. The summed E-state index contributed by atoms with van der Waals surface area (Å²) >= 11 is 5.89. The van der Waals surface area contributed by atoms with Crippen molar-refractivity contribution < 1.29 is 14.3 Å². The lowest BCUT2D eigenvalue weighted by Crippen LogP contribution is -2.28. The Balaban J connectivity index is 1.38. The maximum atomic E-state index is 13.1. The Morgan fingerprint density at radius 2 is 1.54 bits per heavy atom. The van der Waals surface area contributed by atoms with Gasteiger partial charge in [-0.1, -0.05) is 84.4 Å². The SMILES string of the molecule is O=C(COC(=O)c1cc(-c2cccc3ccccc23)nc2ccccc12)NCc1ccc(Cl)cc1. The summed E-state index contributed by atoms with van der Waals surface area (Å²) in [5.74, 6) is -0.965. The van der Waals surface area contributed by atoms with E-state index in [1.807, 2.05) is 78.9 Å². The molecule has 6 heteroatoms. The summed E-state index contributed by atoms with van der Waals surface area (Å²) in [5.41, 5.74) is 3.53. The smallest absolute Gasteiger partial charge is 0.339 e. The number of hydrogen-bond donors (Lipinski definition) is 1. The fourth-order valence-corrected chi connectivity index (χ4v) is 4.12. The van der Waals surface area contributed by atoms with E-state index in [-0.39, 0.29) is 12.5 Å². The lowest BCUT2D eigenvalue weighted by Gasteiger charge is -2.12. The average molecular weight is 481 g/mol. The second-order valence-corrected chi connectivity index (χ2v) is 8.51. The normalized spacial score (nSPS) is 10.9. The quantitative estimate of drug-likeness (QED) is 0.294. The number of rotatable bonds is 6. The molecule has 1 heterocycles. The highest BCUT2D eigenvalue weighted by atomic mass is 35.5. The van der Waals surface area contributed by atoms with E-state index in [0.29, 0.717) is 33.7 Å². The van der Waals surface area contributed by atoms with Crippen molar-refractivity contribution in [3.8, 4) is 11.3 Å². The molecule has 0 radical (unpaired) electrons. The van der Waals surface area contributed by atoms with Gasteiger partial charge < -0.3 is 10.1 Å². The van der Waals surface area contributed by atoms with Gasteiger partial charge >= 0.3 is 5.97 Å². The van der Waals surface area contributed by atoms with Crippen molar-refractivity contribution in [2.24, 2.45) is 0 Å². The molecule has 35 heavy (non-hydrogen) atoms. The third-order valence-corrected chi connectivity index (χ3v) is 5.99. The predicted molar refractivity (Wildman–Crippen MR) is 138 cm³/mol. The number of esters is 1. The number of carbonyl (C=O) groups is 2. The maximum Gasteiger partial charge on any atom is 0.339 e. The van der Waals surface area contributed by atoms with Crippen LogP contribution in [0.1, 0.15) is 15.9 Å². The topological polar surface area (TPSA) is 68.3 Å². The minimum Gasteiger partial charge on any atom is -0.452 e. The number of hydrogen-bond acceptors (Lipinski definition) is 4. The Labute approximate surface area is 207 Å². The van der Waals surface area contributed by atoms with Gasteiger partial charge in [0.2, 0.25) is 0 Å². The van der Waals surface area contributed by atoms with Crippen molar-refractivity contribution in [1.29, 1.82) is 0 Å². The molecule has 0 atom stereocenters. The van der Waals surface area contributed by atoms with Crippen molar-refractivity contribution in [1.82, 2.24) is 10.3 Å². The molecule has 0 aliphatic carbocycles. The van der Waals surface area contributed by atoms with E-state index >= 15 is 0 Å². The first-order valence-corrected chi connectivity index (χ1v) is 11.5. The van der Waals surface area contributed by atoms with Gasteiger partial charge in [-0.3, -0.25) is 4.79 Å². The number of nitrogens with one attached hydrogen (secondary N) is 1. The van der Waals surface area contributed by atoms with Crippen LogP contribution in [0.3, 0.4) is 0 Å². The van der Waals surface area contributed by atoms with Gasteiger partial charge in [-0.2, -0.15) is 0 Å². The van der Waals surface area contributed by atoms with Gasteiger partial charge in [0.05, 0.1) is 16.8 Å². The van der Waals surface area contributed by atoms with E-state index in [1.165, 1.54) is 0 Å². The monoisotopic (exact) mass is 480 g/mol.